The number of carboxylic acid groups (broad SMARTS) is 1. The fourth-order valence-electron chi connectivity index (χ4n) is 0.963. The summed E-state index contributed by atoms with van der Waals surface area (Å²) in [5.74, 6) is -1.98. The number of alkyl halides is 2. The lowest BCUT2D eigenvalue weighted by molar-refractivity contribution is -0.136. The number of carboxylic acids is 1. The zero-order valence-electron chi connectivity index (χ0n) is 6.94. The highest BCUT2D eigenvalue weighted by atomic mass is 19.3. The van der Waals surface area contributed by atoms with Gasteiger partial charge in [-0.15, -0.1) is 0 Å². The second-order valence-electron chi connectivity index (χ2n) is 2.57. The van der Waals surface area contributed by atoms with Crippen LogP contribution in [0.15, 0.2) is 12.3 Å². The lowest BCUT2D eigenvalue weighted by Crippen LogP contribution is -2.03. The normalized spacial score (nSPS) is 10.5. The van der Waals surface area contributed by atoms with Gasteiger partial charge in [0.15, 0.2) is 0 Å². The Bertz CT molecular complexity index is 354. The molecule has 0 bridgehead atoms. The first-order valence-corrected chi connectivity index (χ1v) is 3.69. The van der Waals surface area contributed by atoms with Crippen LogP contribution in [0.3, 0.4) is 0 Å². The summed E-state index contributed by atoms with van der Waals surface area (Å²) in [5.41, 5.74) is -0.855. The topological polar surface area (TPSA) is 70.4 Å². The van der Waals surface area contributed by atoms with Crippen LogP contribution in [0.25, 0.3) is 0 Å². The van der Waals surface area contributed by atoms with Crippen molar-refractivity contribution in [2.24, 2.45) is 0 Å². The number of aromatic nitrogens is 1. The summed E-state index contributed by atoms with van der Waals surface area (Å²) in [5, 5.41) is 17.6. The Hall–Kier alpha value is -1.72. The summed E-state index contributed by atoms with van der Waals surface area (Å²) in [6.07, 6.45) is -2.38. The van der Waals surface area contributed by atoms with Gasteiger partial charge >= 0.3 is 5.97 Å². The third-order valence-corrected chi connectivity index (χ3v) is 1.59. The number of carbonyl (C=O) groups is 1. The Morgan fingerprint density at radius 1 is 1.57 bits per heavy atom. The molecule has 14 heavy (non-hydrogen) atoms. The van der Waals surface area contributed by atoms with E-state index in [4.69, 9.17) is 5.11 Å². The van der Waals surface area contributed by atoms with Gasteiger partial charge in [-0.25, -0.2) is 8.78 Å². The largest absolute Gasteiger partial charge is 0.506 e. The molecule has 1 aromatic rings. The van der Waals surface area contributed by atoms with E-state index in [9.17, 15) is 18.7 Å². The number of nitrogens with zero attached hydrogens (tertiary/aromatic N) is 1. The van der Waals surface area contributed by atoms with Crippen molar-refractivity contribution in [1.82, 2.24) is 4.98 Å². The molecule has 76 valence electrons. The SMILES string of the molecule is O=C(O)Cc1nccc(C(F)F)c1O. The molecule has 0 atom stereocenters. The van der Waals surface area contributed by atoms with Gasteiger partial charge in [0.1, 0.15) is 5.75 Å². The van der Waals surface area contributed by atoms with Crippen LogP contribution in [0.2, 0.25) is 0 Å². The van der Waals surface area contributed by atoms with E-state index in [-0.39, 0.29) is 5.69 Å². The fourth-order valence-corrected chi connectivity index (χ4v) is 0.963. The Morgan fingerprint density at radius 2 is 2.21 bits per heavy atom. The molecule has 0 amide bonds. The minimum Gasteiger partial charge on any atom is -0.506 e. The Labute approximate surface area is 77.8 Å². The number of halogens is 2. The molecule has 1 heterocycles. The van der Waals surface area contributed by atoms with Gasteiger partial charge in [0.05, 0.1) is 17.7 Å². The molecule has 0 spiro atoms. The van der Waals surface area contributed by atoms with Gasteiger partial charge in [-0.3, -0.25) is 9.78 Å². The van der Waals surface area contributed by atoms with E-state index >= 15 is 0 Å². The first-order chi connectivity index (χ1) is 6.52. The first kappa shape index (κ1) is 10.4. The van der Waals surface area contributed by atoms with E-state index in [1.54, 1.807) is 0 Å². The van der Waals surface area contributed by atoms with Crippen LogP contribution in [0.5, 0.6) is 5.75 Å². The van der Waals surface area contributed by atoms with E-state index in [0.29, 0.717) is 0 Å². The molecule has 4 nitrogen and oxygen atoms in total. The molecule has 1 aromatic heterocycles. The maximum atomic E-state index is 12.2. The summed E-state index contributed by atoms with van der Waals surface area (Å²) < 4.78 is 24.4. The molecular formula is C8H7F2NO3. The number of aliphatic carboxylic acids is 1. The van der Waals surface area contributed by atoms with Crippen molar-refractivity contribution in [2.75, 3.05) is 0 Å². The molecule has 2 N–H and O–H groups in total. The molecule has 0 fully saturated rings. The molecule has 6 heteroatoms. The monoisotopic (exact) mass is 203 g/mol. The first-order valence-electron chi connectivity index (χ1n) is 3.69. The van der Waals surface area contributed by atoms with Gasteiger partial charge in [0.25, 0.3) is 6.43 Å². The van der Waals surface area contributed by atoms with E-state index in [1.165, 1.54) is 0 Å². The minimum absolute atomic E-state index is 0.254. The van der Waals surface area contributed by atoms with Crippen molar-refractivity contribution in [3.05, 3.63) is 23.5 Å². The standard InChI is InChI=1S/C8H7F2NO3/c9-8(10)4-1-2-11-5(7(4)14)3-6(12)13/h1-2,8,14H,3H2,(H,12,13). The van der Waals surface area contributed by atoms with Crippen molar-refractivity contribution in [2.45, 2.75) is 12.8 Å². The van der Waals surface area contributed by atoms with E-state index in [1.807, 2.05) is 0 Å². The lowest BCUT2D eigenvalue weighted by Gasteiger charge is -2.05. The van der Waals surface area contributed by atoms with Gasteiger partial charge in [0, 0.05) is 6.20 Å². The maximum Gasteiger partial charge on any atom is 0.309 e. The average molecular weight is 203 g/mol. The molecule has 0 unspecified atom stereocenters. The summed E-state index contributed by atoms with van der Waals surface area (Å²) in [6.45, 7) is 0. The third kappa shape index (κ3) is 2.15. The van der Waals surface area contributed by atoms with Crippen LogP contribution in [-0.2, 0) is 11.2 Å². The summed E-state index contributed by atoms with van der Waals surface area (Å²) in [7, 11) is 0. The number of pyridine rings is 1. The molecular weight excluding hydrogens is 196 g/mol. The highest BCUT2D eigenvalue weighted by Gasteiger charge is 2.17. The molecule has 0 saturated heterocycles. The van der Waals surface area contributed by atoms with Crippen molar-refractivity contribution >= 4 is 5.97 Å². The van der Waals surface area contributed by atoms with Crippen molar-refractivity contribution in [3.63, 3.8) is 0 Å². The highest BCUT2D eigenvalue weighted by molar-refractivity contribution is 5.70. The van der Waals surface area contributed by atoms with E-state index < -0.39 is 30.1 Å². The van der Waals surface area contributed by atoms with Crippen LogP contribution >= 0.6 is 0 Å². The molecule has 0 aliphatic heterocycles. The predicted molar refractivity (Wildman–Crippen MR) is 42.2 cm³/mol. The minimum atomic E-state index is -2.84. The number of aromatic hydroxyl groups is 1. The predicted octanol–water partition coefficient (Wildman–Crippen LogP) is 1.35. The Morgan fingerprint density at radius 3 is 2.71 bits per heavy atom. The van der Waals surface area contributed by atoms with Crippen molar-refractivity contribution in [1.29, 1.82) is 0 Å². The van der Waals surface area contributed by atoms with E-state index in [0.717, 1.165) is 12.3 Å². The summed E-state index contributed by atoms with van der Waals surface area (Å²) >= 11 is 0. The summed E-state index contributed by atoms with van der Waals surface area (Å²) in [4.78, 5) is 13.8. The smallest absolute Gasteiger partial charge is 0.309 e. The van der Waals surface area contributed by atoms with Gasteiger partial charge in [0.2, 0.25) is 0 Å². The third-order valence-electron chi connectivity index (χ3n) is 1.59. The molecule has 0 aliphatic carbocycles. The van der Waals surface area contributed by atoms with Crippen molar-refractivity contribution in [3.8, 4) is 5.75 Å². The van der Waals surface area contributed by atoms with Gasteiger partial charge < -0.3 is 10.2 Å². The second-order valence-corrected chi connectivity index (χ2v) is 2.57. The Kier molecular flexibility index (Phi) is 2.95. The van der Waals surface area contributed by atoms with Crippen LogP contribution in [0, 0.1) is 0 Å². The van der Waals surface area contributed by atoms with Crippen LogP contribution in [0.1, 0.15) is 17.7 Å². The molecule has 1 rings (SSSR count). The number of hydrogen-bond acceptors (Lipinski definition) is 3. The van der Waals surface area contributed by atoms with Crippen LogP contribution in [-0.4, -0.2) is 21.2 Å². The number of hydrogen-bond donors (Lipinski definition) is 2. The molecule has 0 aliphatic rings. The zero-order valence-corrected chi connectivity index (χ0v) is 6.94. The second kappa shape index (κ2) is 3.99. The molecule has 0 radical (unpaired) electrons. The maximum absolute atomic E-state index is 12.2. The number of rotatable bonds is 3. The van der Waals surface area contributed by atoms with Gasteiger partial charge in [-0.05, 0) is 6.07 Å². The van der Waals surface area contributed by atoms with Gasteiger partial charge in [-0.1, -0.05) is 0 Å². The van der Waals surface area contributed by atoms with Crippen LogP contribution in [0.4, 0.5) is 8.78 Å². The van der Waals surface area contributed by atoms with Gasteiger partial charge in [-0.2, -0.15) is 0 Å². The van der Waals surface area contributed by atoms with Crippen molar-refractivity contribution < 1.29 is 23.8 Å². The fraction of sp³-hybridized carbons (Fsp3) is 0.250. The Balaban J connectivity index is 3.07. The lowest BCUT2D eigenvalue weighted by atomic mass is 10.1. The molecule has 0 saturated carbocycles. The van der Waals surface area contributed by atoms with E-state index in [2.05, 4.69) is 4.98 Å². The average Bonchev–Trinajstić information content (AvgIpc) is 2.07. The van der Waals surface area contributed by atoms with Crippen LogP contribution < -0.4 is 0 Å². The zero-order chi connectivity index (χ0) is 10.7. The summed E-state index contributed by atoms with van der Waals surface area (Å²) in [6, 6.07) is 0.950. The molecule has 0 aromatic carbocycles. The quantitative estimate of drug-likeness (QED) is 0.777. The highest BCUT2D eigenvalue weighted by Crippen LogP contribution is 2.29.